The number of rotatable bonds is 7. The molecule has 1 aliphatic carbocycles. The van der Waals surface area contributed by atoms with Gasteiger partial charge >= 0.3 is 0 Å². The molecule has 8 heteroatoms. The number of ether oxygens (including phenoxy) is 1. The second-order valence-corrected chi connectivity index (χ2v) is 9.01. The molecule has 0 atom stereocenters. The van der Waals surface area contributed by atoms with Gasteiger partial charge in [0.2, 0.25) is 0 Å². The molecule has 136 valence electrons. The van der Waals surface area contributed by atoms with Crippen molar-refractivity contribution < 1.29 is 17.6 Å². The number of nitrogens with one attached hydrogen (secondary N) is 1. The number of hydrogen-bond acceptors (Lipinski definition) is 6. The number of thiophene rings is 1. The predicted octanol–water partition coefficient (Wildman–Crippen LogP) is 4.48. The van der Waals surface area contributed by atoms with Crippen LogP contribution in [0.15, 0.2) is 51.2 Å². The molecule has 1 N–H and O–H groups in total. The molecular formula is C18H18N2O4S2. The third-order valence-electron chi connectivity index (χ3n) is 3.96. The summed E-state index contributed by atoms with van der Waals surface area (Å²) in [6.45, 7) is 2.46. The van der Waals surface area contributed by atoms with E-state index in [1.807, 2.05) is 6.92 Å². The van der Waals surface area contributed by atoms with E-state index >= 15 is 0 Å². The Morgan fingerprint density at radius 2 is 2.00 bits per heavy atom. The van der Waals surface area contributed by atoms with Gasteiger partial charge in [0.05, 0.1) is 17.7 Å². The van der Waals surface area contributed by atoms with E-state index in [9.17, 15) is 8.42 Å². The molecule has 1 saturated carbocycles. The van der Waals surface area contributed by atoms with Crippen LogP contribution in [0, 0.1) is 0 Å². The van der Waals surface area contributed by atoms with Crippen molar-refractivity contribution in [1.29, 1.82) is 0 Å². The number of benzene rings is 1. The van der Waals surface area contributed by atoms with Crippen molar-refractivity contribution in [2.45, 2.75) is 29.9 Å². The van der Waals surface area contributed by atoms with Crippen LogP contribution in [-0.4, -0.2) is 20.0 Å². The van der Waals surface area contributed by atoms with Crippen LogP contribution in [0.3, 0.4) is 0 Å². The van der Waals surface area contributed by atoms with Gasteiger partial charge in [-0.25, -0.2) is 13.4 Å². The molecule has 3 aromatic rings. The van der Waals surface area contributed by atoms with Gasteiger partial charge in [0.15, 0.2) is 11.7 Å². The van der Waals surface area contributed by atoms with E-state index in [0.29, 0.717) is 29.7 Å². The highest BCUT2D eigenvalue weighted by Crippen LogP contribution is 2.41. The Labute approximate surface area is 155 Å². The lowest BCUT2D eigenvalue weighted by Crippen LogP contribution is -2.11. The fourth-order valence-corrected chi connectivity index (χ4v) is 4.82. The molecular weight excluding hydrogens is 372 g/mol. The smallest absolute Gasteiger partial charge is 0.271 e. The van der Waals surface area contributed by atoms with Crippen LogP contribution in [0.2, 0.25) is 0 Å². The molecule has 4 rings (SSSR count). The summed E-state index contributed by atoms with van der Waals surface area (Å²) >= 11 is 1.16. The lowest BCUT2D eigenvalue weighted by atomic mass is 10.3. The van der Waals surface area contributed by atoms with Gasteiger partial charge < -0.3 is 9.15 Å². The first-order valence-corrected chi connectivity index (χ1v) is 10.7. The van der Waals surface area contributed by atoms with Crippen molar-refractivity contribution in [2.75, 3.05) is 11.3 Å². The molecule has 1 aromatic carbocycles. The number of sulfonamides is 1. The number of anilines is 1. The van der Waals surface area contributed by atoms with Crippen LogP contribution in [0.1, 0.15) is 31.6 Å². The lowest BCUT2D eigenvalue weighted by molar-refractivity contribution is 0.340. The van der Waals surface area contributed by atoms with Gasteiger partial charge in [-0.05, 0) is 56.2 Å². The largest absolute Gasteiger partial charge is 0.494 e. The minimum atomic E-state index is -3.66. The number of aromatic nitrogens is 1. The summed E-state index contributed by atoms with van der Waals surface area (Å²) in [6.07, 6.45) is 3.88. The van der Waals surface area contributed by atoms with Crippen LogP contribution in [-0.2, 0) is 10.0 Å². The molecule has 1 fully saturated rings. The van der Waals surface area contributed by atoms with Gasteiger partial charge in [-0.3, -0.25) is 4.72 Å². The molecule has 0 amide bonds. The van der Waals surface area contributed by atoms with Crippen LogP contribution in [0.25, 0.3) is 10.6 Å². The Balaban J connectivity index is 1.51. The topological polar surface area (TPSA) is 81.4 Å². The molecule has 6 nitrogen and oxygen atoms in total. The van der Waals surface area contributed by atoms with Gasteiger partial charge in [-0.15, -0.1) is 11.3 Å². The highest BCUT2D eigenvalue weighted by Gasteiger charge is 2.29. The standard InChI is InChI=1S/C18H18N2O4S2/c1-2-23-14-7-5-13(6-8-14)20-26(21,22)17-10-9-16(25-17)15-11-19-18(24-15)12-3-4-12/h5-12,20H,2-4H2,1H3. The van der Waals surface area contributed by atoms with Crippen LogP contribution in [0.5, 0.6) is 5.75 Å². The van der Waals surface area contributed by atoms with E-state index in [1.54, 1.807) is 42.6 Å². The molecule has 0 saturated heterocycles. The Bertz CT molecular complexity index is 1000. The van der Waals surface area contributed by atoms with Gasteiger partial charge in [0.25, 0.3) is 10.0 Å². The minimum absolute atomic E-state index is 0.228. The molecule has 0 bridgehead atoms. The van der Waals surface area contributed by atoms with E-state index in [1.165, 1.54) is 0 Å². The number of oxazole rings is 1. The predicted molar refractivity (Wildman–Crippen MR) is 100 cm³/mol. The molecule has 26 heavy (non-hydrogen) atoms. The average molecular weight is 390 g/mol. The van der Waals surface area contributed by atoms with Crippen molar-refractivity contribution in [1.82, 2.24) is 4.98 Å². The summed E-state index contributed by atoms with van der Waals surface area (Å²) in [5, 5.41) is 0. The van der Waals surface area contributed by atoms with Crippen molar-refractivity contribution in [3.05, 3.63) is 48.5 Å². The molecule has 1 aliphatic rings. The Kier molecular flexibility index (Phi) is 4.46. The van der Waals surface area contributed by atoms with Crippen LogP contribution < -0.4 is 9.46 Å². The summed E-state index contributed by atoms with van der Waals surface area (Å²) in [7, 11) is -3.66. The first kappa shape index (κ1) is 17.1. The molecule has 2 heterocycles. The van der Waals surface area contributed by atoms with Crippen LogP contribution >= 0.6 is 11.3 Å². The van der Waals surface area contributed by atoms with Gasteiger partial charge in [0.1, 0.15) is 9.96 Å². The van der Waals surface area contributed by atoms with E-state index in [-0.39, 0.29) is 4.21 Å². The number of nitrogens with zero attached hydrogens (tertiary/aromatic N) is 1. The highest BCUT2D eigenvalue weighted by molar-refractivity contribution is 7.94. The second kappa shape index (κ2) is 6.77. The van der Waals surface area contributed by atoms with Crippen LogP contribution in [0.4, 0.5) is 5.69 Å². The second-order valence-electron chi connectivity index (χ2n) is 6.02. The maximum atomic E-state index is 12.6. The van der Waals surface area contributed by atoms with Crippen molar-refractivity contribution >= 4 is 27.0 Å². The van der Waals surface area contributed by atoms with Gasteiger partial charge in [-0.2, -0.15) is 0 Å². The third-order valence-corrected chi connectivity index (χ3v) is 6.93. The molecule has 2 aromatic heterocycles. The quantitative estimate of drug-likeness (QED) is 0.643. The zero-order valence-corrected chi connectivity index (χ0v) is 15.8. The highest BCUT2D eigenvalue weighted by atomic mass is 32.2. The maximum absolute atomic E-state index is 12.6. The lowest BCUT2D eigenvalue weighted by Gasteiger charge is -2.07. The first-order chi connectivity index (χ1) is 12.5. The maximum Gasteiger partial charge on any atom is 0.271 e. The summed E-state index contributed by atoms with van der Waals surface area (Å²) < 4.78 is 39.1. The fraction of sp³-hybridized carbons (Fsp3) is 0.278. The Morgan fingerprint density at radius 1 is 1.23 bits per heavy atom. The molecule has 0 radical (unpaired) electrons. The Morgan fingerprint density at radius 3 is 2.69 bits per heavy atom. The third kappa shape index (κ3) is 3.61. The van der Waals surface area contributed by atoms with Crippen molar-refractivity contribution in [2.24, 2.45) is 0 Å². The van der Waals surface area contributed by atoms with E-state index in [0.717, 1.165) is 34.9 Å². The number of hydrogen-bond donors (Lipinski definition) is 1. The normalized spacial score (nSPS) is 14.3. The summed E-state index contributed by atoms with van der Waals surface area (Å²) in [5.41, 5.74) is 0.485. The minimum Gasteiger partial charge on any atom is -0.494 e. The van der Waals surface area contributed by atoms with Gasteiger partial charge in [0, 0.05) is 11.6 Å². The first-order valence-electron chi connectivity index (χ1n) is 8.37. The Hall–Kier alpha value is -2.32. The zero-order valence-electron chi connectivity index (χ0n) is 14.1. The molecule has 0 spiro atoms. The summed E-state index contributed by atoms with van der Waals surface area (Å²) in [4.78, 5) is 5.03. The van der Waals surface area contributed by atoms with E-state index in [4.69, 9.17) is 9.15 Å². The fourth-order valence-electron chi connectivity index (χ4n) is 2.51. The van der Waals surface area contributed by atoms with Crippen molar-refractivity contribution in [3.8, 4) is 16.4 Å². The molecule has 0 aliphatic heterocycles. The van der Waals surface area contributed by atoms with Gasteiger partial charge in [-0.1, -0.05) is 0 Å². The average Bonchev–Trinajstić information content (AvgIpc) is 3.14. The molecule has 0 unspecified atom stereocenters. The summed E-state index contributed by atoms with van der Waals surface area (Å²) in [6, 6.07) is 10.1. The van der Waals surface area contributed by atoms with Crippen molar-refractivity contribution in [3.63, 3.8) is 0 Å². The monoisotopic (exact) mass is 390 g/mol. The zero-order chi connectivity index (χ0) is 18.1. The van der Waals surface area contributed by atoms with E-state index < -0.39 is 10.0 Å². The van der Waals surface area contributed by atoms with E-state index in [2.05, 4.69) is 9.71 Å². The SMILES string of the molecule is CCOc1ccc(NS(=O)(=O)c2ccc(-c3cnc(C4CC4)o3)s2)cc1. The summed E-state index contributed by atoms with van der Waals surface area (Å²) in [5.74, 6) is 2.48.